The highest BCUT2D eigenvalue weighted by atomic mass is 16.6. The second-order valence-electron chi connectivity index (χ2n) is 9.93. The topological polar surface area (TPSA) is 74.8 Å². The average molecular weight is 415 g/mol. The Labute approximate surface area is 181 Å². The lowest BCUT2D eigenvalue weighted by Gasteiger charge is -2.31. The number of hydrogen-bond donors (Lipinski definition) is 3. The molecule has 0 atom stereocenters. The summed E-state index contributed by atoms with van der Waals surface area (Å²) in [6, 6.07) is 11.3. The SMILES string of the molecule is CN=C(NCC1(Cc2ccccc2)CC1)NC1CCC(NC(=O)OC(C)(C)C)CC1. The number of hydrogen-bond acceptors (Lipinski definition) is 3. The molecule has 2 saturated carbocycles. The maximum Gasteiger partial charge on any atom is 0.407 e. The fourth-order valence-electron chi connectivity index (χ4n) is 4.14. The van der Waals surface area contributed by atoms with E-state index < -0.39 is 5.60 Å². The molecule has 2 aliphatic carbocycles. The summed E-state index contributed by atoms with van der Waals surface area (Å²) in [5, 5.41) is 10.1. The number of amides is 1. The van der Waals surface area contributed by atoms with Crippen LogP contribution in [0.4, 0.5) is 4.79 Å². The third-order valence-electron chi connectivity index (χ3n) is 6.02. The Hall–Kier alpha value is -2.24. The van der Waals surface area contributed by atoms with Crippen LogP contribution < -0.4 is 16.0 Å². The van der Waals surface area contributed by atoms with Gasteiger partial charge in [0.05, 0.1) is 0 Å². The Morgan fingerprint density at radius 1 is 1.07 bits per heavy atom. The Morgan fingerprint density at radius 3 is 2.20 bits per heavy atom. The van der Waals surface area contributed by atoms with Crippen LogP contribution in [0.5, 0.6) is 0 Å². The molecule has 0 aromatic heterocycles. The first kappa shape index (κ1) is 22.4. The molecule has 3 N–H and O–H groups in total. The second kappa shape index (κ2) is 9.71. The van der Waals surface area contributed by atoms with Crippen LogP contribution in [0.25, 0.3) is 0 Å². The summed E-state index contributed by atoms with van der Waals surface area (Å²) in [7, 11) is 1.84. The van der Waals surface area contributed by atoms with E-state index in [4.69, 9.17) is 4.74 Å². The van der Waals surface area contributed by atoms with Crippen molar-refractivity contribution in [1.29, 1.82) is 0 Å². The van der Waals surface area contributed by atoms with Gasteiger partial charge >= 0.3 is 6.09 Å². The molecule has 0 unspecified atom stereocenters. The van der Waals surface area contributed by atoms with Gasteiger partial charge in [0.25, 0.3) is 0 Å². The van der Waals surface area contributed by atoms with Crippen molar-refractivity contribution in [3.8, 4) is 0 Å². The first-order valence-electron chi connectivity index (χ1n) is 11.3. The number of nitrogens with zero attached hydrogens (tertiary/aromatic N) is 1. The summed E-state index contributed by atoms with van der Waals surface area (Å²) in [5.74, 6) is 0.887. The normalized spacial score (nSPS) is 23.4. The number of rotatable bonds is 6. The zero-order valence-corrected chi connectivity index (χ0v) is 19.0. The largest absolute Gasteiger partial charge is 0.444 e. The van der Waals surface area contributed by atoms with Crippen molar-refractivity contribution in [2.24, 2.45) is 10.4 Å². The van der Waals surface area contributed by atoms with Gasteiger partial charge in [0.15, 0.2) is 5.96 Å². The number of ether oxygens (including phenoxy) is 1. The maximum absolute atomic E-state index is 12.0. The molecule has 3 rings (SSSR count). The van der Waals surface area contributed by atoms with Crippen molar-refractivity contribution < 1.29 is 9.53 Å². The number of carbonyl (C=O) groups excluding carboxylic acids is 1. The van der Waals surface area contributed by atoms with E-state index in [0.29, 0.717) is 11.5 Å². The minimum absolute atomic E-state index is 0.188. The smallest absolute Gasteiger partial charge is 0.407 e. The molecule has 1 aromatic rings. The molecule has 0 heterocycles. The third kappa shape index (κ3) is 7.22. The Bertz CT molecular complexity index is 714. The van der Waals surface area contributed by atoms with Gasteiger partial charge in [-0.25, -0.2) is 4.79 Å². The summed E-state index contributed by atoms with van der Waals surface area (Å²) in [5.41, 5.74) is 1.32. The number of carbonyl (C=O) groups is 1. The molecule has 0 saturated heterocycles. The van der Waals surface area contributed by atoms with E-state index in [1.807, 2.05) is 27.8 Å². The van der Waals surface area contributed by atoms with Crippen LogP contribution in [0.15, 0.2) is 35.3 Å². The molecule has 0 aliphatic heterocycles. The molecule has 1 aromatic carbocycles. The second-order valence-corrected chi connectivity index (χ2v) is 9.93. The van der Waals surface area contributed by atoms with E-state index in [9.17, 15) is 4.79 Å². The first-order chi connectivity index (χ1) is 14.3. The van der Waals surface area contributed by atoms with Crippen LogP contribution in [0.3, 0.4) is 0 Å². The van der Waals surface area contributed by atoms with E-state index in [1.165, 1.54) is 18.4 Å². The number of aliphatic imine (C=N–C) groups is 1. The Morgan fingerprint density at radius 2 is 1.67 bits per heavy atom. The standard InChI is InChI=1S/C24H38N4O2/c1-23(2,3)30-22(29)28-20-12-10-19(11-13-20)27-21(25-4)26-17-24(14-15-24)16-18-8-6-5-7-9-18/h5-9,19-20H,10-17H2,1-4H3,(H,28,29)(H2,25,26,27). The summed E-state index contributed by atoms with van der Waals surface area (Å²) >= 11 is 0. The zero-order chi connectivity index (χ0) is 21.6. The van der Waals surface area contributed by atoms with Gasteiger partial charge < -0.3 is 20.7 Å². The van der Waals surface area contributed by atoms with Crippen LogP contribution in [0, 0.1) is 5.41 Å². The number of benzene rings is 1. The zero-order valence-electron chi connectivity index (χ0n) is 19.0. The Balaban J connectivity index is 1.38. The number of nitrogens with one attached hydrogen (secondary N) is 3. The molecule has 6 nitrogen and oxygen atoms in total. The number of alkyl carbamates (subject to hydrolysis) is 1. The first-order valence-corrected chi connectivity index (χ1v) is 11.3. The predicted octanol–water partition coefficient (Wildman–Crippen LogP) is 4.01. The van der Waals surface area contributed by atoms with Crippen LogP contribution in [0.2, 0.25) is 0 Å². The van der Waals surface area contributed by atoms with Crippen LogP contribution in [-0.2, 0) is 11.2 Å². The summed E-state index contributed by atoms with van der Waals surface area (Å²) in [6.45, 7) is 6.62. The summed E-state index contributed by atoms with van der Waals surface area (Å²) in [4.78, 5) is 16.4. The van der Waals surface area contributed by atoms with Crippen LogP contribution in [0.1, 0.15) is 64.9 Å². The van der Waals surface area contributed by atoms with Crippen molar-refractivity contribution in [3.63, 3.8) is 0 Å². The molecule has 6 heteroatoms. The third-order valence-corrected chi connectivity index (χ3v) is 6.02. The van der Waals surface area contributed by atoms with Gasteiger partial charge in [0.2, 0.25) is 0 Å². The molecule has 0 bridgehead atoms. The molecule has 2 fully saturated rings. The van der Waals surface area contributed by atoms with Crippen molar-refractivity contribution in [1.82, 2.24) is 16.0 Å². The van der Waals surface area contributed by atoms with Crippen molar-refractivity contribution in [3.05, 3.63) is 35.9 Å². The van der Waals surface area contributed by atoms with Crippen molar-refractivity contribution in [2.45, 2.75) is 83.4 Å². The lowest BCUT2D eigenvalue weighted by molar-refractivity contribution is 0.0490. The van der Waals surface area contributed by atoms with E-state index in [-0.39, 0.29) is 12.1 Å². The van der Waals surface area contributed by atoms with Crippen molar-refractivity contribution >= 4 is 12.1 Å². The fourth-order valence-corrected chi connectivity index (χ4v) is 4.14. The van der Waals surface area contributed by atoms with E-state index in [0.717, 1.165) is 44.6 Å². The van der Waals surface area contributed by atoms with E-state index in [1.54, 1.807) is 0 Å². The average Bonchev–Trinajstić information content (AvgIpc) is 3.45. The van der Waals surface area contributed by atoms with Crippen LogP contribution in [-0.4, -0.2) is 43.3 Å². The molecule has 166 valence electrons. The molecule has 1 amide bonds. The highest BCUT2D eigenvalue weighted by Crippen LogP contribution is 2.47. The van der Waals surface area contributed by atoms with Gasteiger partial charge in [0, 0.05) is 25.7 Å². The van der Waals surface area contributed by atoms with E-state index in [2.05, 4.69) is 51.3 Å². The molecule has 0 spiro atoms. The molecule has 0 radical (unpaired) electrons. The van der Waals surface area contributed by atoms with Gasteiger partial charge in [0.1, 0.15) is 5.60 Å². The van der Waals surface area contributed by atoms with E-state index >= 15 is 0 Å². The molecule has 30 heavy (non-hydrogen) atoms. The quantitative estimate of drug-likeness (QED) is 0.486. The van der Waals surface area contributed by atoms with Gasteiger partial charge in [-0.15, -0.1) is 0 Å². The molecular formula is C24H38N4O2. The fraction of sp³-hybridized carbons (Fsp3) is 0.667. The van der Waals surface area contributed by atoms with Gasteiger partial charge in [-0.3, -0.25) is 4.99 Å². The van der Waals surface area contributed by atoms with Crippen molar-refractivity contribution in [2.75, 3.05) is 13.6 Å². The minimum atomic E-state index is -0.458. The minimum Gasteiger partial charge on any atom is -0.444 e. The monoisotopic (exact) mass is 414 g/mol. The highest BCUT2D eigenvalue weighted by Gasteiger charge is 2.42. The van der Waals surface area contributed by atoms with Gasteiger partial charge in [-0.05, 0) is 76.7 Å². The Kier molecular flexibility index (Phi) is 7.27. The maximum atomic E-state index is 12.0. The highest BCUT2D eigenvalue weighted by molar-refractivity contribution is 5.80. The number of guanidine groups is 1. The lowest BCUT2D eigenvalue weighted by Crippen LogP contribution is -2.49. The summed E-state index contributed by atoms with van der Waals surface area (Å²) < 4.78 is 5.37. The van der Waals surface area contributed by atoms with Crippen LogP contribution >= 0.6 is 0 Å². The van der Waals surface area contributed by atoms with Gasteiger partial charge in [-0.2, -0.15) is 0 Å². The summed E-state index contributed by atoms with van der Waals surface area (Å²) in [6.07, 6.45) is 7.27. The van der Waals surface area contributed by atoms with Gasteiger partial charge in [-0.1, -0.05) is 30.3 Å². The predicted molar refractivity (Wildman–Crippen MR) is 122 cm³/mol. The molecule has 2 aliphatic rings. The lowest BCUT2D eigenvalue weighted by atomic mass is 9.91. The molecular weight excluding hydrogens is 376 g/mol.